The summed E-state index contributed by atoms with van der Waals surface area (Å²) in [5.41, 5.74) is 6.28. The third kappa shape index (κ3) is 78.5. The van der Waals surface area contributed by atoms with Crippen LogP contribution in [0.3, 0.4) is 0 Å². The highest BCUT2D eigenvalue weighted by Crippen LogP contribution is 2.37. The zero-order chi connectivity index (χ0) is 108. The average Bonchev–Trinajstić information content (AvgIpc) is 1.07. The summed E-state index contributed by atoms with van der Waals surface area (Å²) < 4.78 is 53.2. The predicted octanol–water partition coefficient (Wildman–Crippen LogP) is 27.8. The molecule has 6 rings (SSSR count). The van der Waals surface area contributed by atoms with Crippen LogP contribution in [-0.2, 0) is 48.7 Å². The second-order valence-corrected chi connectivity index (χ2v) is 62.4. The number of aliphatic hydroxyl groups excluding tert-OH is 3. The van der Waals surface area contributed by atoms with Crippen LogP contribution in [0.1, 0.15) is 453 Å². The van der Waals surface area contributed by atoms with Gasteiger partial charge in [0.2, 0.25) is 21.8 Å². The van der Waals surface area contributed by atoms with Crippen LogP contribution in [-0.4, -0.2) is 225 Å². The van der Waals surface area contributed by atoms with Gasteiger partial charge in [-0.1, -0.05) is 363 Å². The summed E-state index contributed by atoms with van der Waals surface area (Å²) in [6.45, 7) is 116. The van der Waals surface area contributed by atoms with Crippen molar-refractivity contribution < 1.29 is 66.6 Å². The van der Waals surface area contributed by atoms with Crippen molar-refractivity contribution in [2.75, 3.05) is 110 Å². The maximum atomic E-state index is 12.0. The minimum atomic E-state index is -3.22. The number of carbonyl (C=O) groups excluding carboxylic acids is 4. The number of anilines is 1. The molecule has 0 bridgehead atoms. The van der Waals surface area contributed by atoms with Crippen LogP contribution in [0.4, 0.5) is 15.3 Å². The molecule has 22 heteroatoms. The first-order valence-corrected chi connectivity index (χ1v) is 54.9. The molecule has 818 valence electrons. The van der Waals surface area contributed by atoms with Crippen LogP contribution in [0.5, 0.6) is 0 Å². The van der Waals surface area contributed by atoms with E-state index in [1.54, 1.807) is 4.31 Å². The lowest BCUT2D eigenvalue weighted by Crippen LogP contribution is -2.48. The average molecular weight is 1980 g/mol. The first kappa shape index (κ1) is 136. The van der Waals surface area contributed by atoms with Gasteiger partial charge in [-0.2, -0.15) is 4.31 Å². The van der Waals surface area contributed by atoms with Crippen molar-refractivity contribution >= 4 is 39.7 Å². The van der Waals surface area contributed by atoms with E-state index >= 15 is 0 Å². The SMILES string of the molecule is CC(C)(C)CC(O)CNc1ccccc1C(C)(C)C.CC(C)(C)CCCCC(O)CC(C)(C)C.CC(C)(C)CCN1CC(CC(C)(C)C)OC1=O.CC(C)(C)CCN1CC(CC(C)(C)C)OC1=O.CC(C)(C)CCN1CC(CC(C)(C)C)OCC1=O.CC(C)(C)CCN1CC(CC(C)(C)C)OCC1=O.CC(C)(C)CCN1CC(CC(C)(C)C)OCS1(=O)=O.CC(C)(C)CCNCC(O)CC(C)(C)C. The van der Waals surface area contributed by atoms with Gasteiger partial charge < -0.3 is 69.2 Å². The number of cyclic esters (lactones) is 2. The number of ether oxygens (including phenoxy) is 5. The Hall–Kier alpha value is -3.87. The highest BCUT2D eigenvalue weighted by atomic mass is 32.2. The molecule has 5 fully saturated rings. The smallest absolute Gasteiger partial charge is 0.410 e. The van der Waals surface area contributed by atoms with E-state index in [2.05, 4.69) is 361 Å². The number of hydrogen-bond acceptors (Lipinski definition) is 16. The Morgan fingerprint density at radius 2 is 0.630 bits per heavy atom. The monoisotopic (exact) mass is 1980 g/mol. The van der Waals surface area contributed by atoms with E-state index < -0.39 is 10.0 Å². The van der Waals surface area contributed by atoms with Crippen molar-refractivity contribution in [3.63, 3.8) is 0 Å². The van der Waals surface area contributed by atoms with E-state index in [4.69, 9.17) is 23.7 Å². The largest absolute Gasteiger partial charge is 0.444 e. The van der Waals surface area contributed by atoms with Gasteiger partial charge in [0, 0.05) is 71.1 Å². The Bertz CT molecular complexity index is 3480. The number of amides is 4. The molecule has 0 aliphatic carbocycles. The molecule has 5 aliphatic rings. The van der Waals surface area contributed by atoms with Crippen LogP contribution < -0.4 is 10.6 Å². The molecule has 5 N–H and O–H groups in total. The number of hydrogen-bond donors (Lipinski definition) is 5. The molecule has 4 amide bonds. The molecule has 21 nitrogen and oxygen atoms in total. The summed E-state index contributed by atoms with van der Waals surface area (Å²) >= 11 is 0. The van der Waals surface area contributed by atoms with E-state index in [1.165, 1.54) is 18.4 Å². The normalized spacial score (nSPS) is 20.1. The van der Waals surface area contributed by atoms with Gasteiger partial charge in [-0.05, 0) is 208 Å². The number of sulfonamides is 1. The standard InChI is InChI=1S/C17H29NO.2C15H29NO2.C14H29NO3S.2C14H27NO2.C14H30O.C13H29NO/c1-16(2,3)11-13(19)12-18-15-10-8-7-9-14(15)17(4,5)6;2*1-14(2,3)7-8-16-10-12(9-15(4,5)6)18-11-13(16)17;1-13(2,3)7-8-15-10-12(9-14(4,5)6)18-11-19(15,16)17;2*1-13(2,3)7-8-15-10-11(17-12(15)16)9-14(4,5)6;1-13(2,3)10-8-7-9-12(15)11-14(4,5)6;1-12(2,3)7-8-14-10-11(15)9-13(4,5)6/h7-10,13,18-19H,11-12H2,1-6H3;2*12H,7-11H2,1-6H3;12H,7-11H2,1-6H3;2*11H,7-10H2,1-6H3;12,15H,7-11H2,1-6H3;11,14-15H,7-10H2,1-6H3. The Morgan fingerprint density at radius 1 is 0.333 bits per heavy atom. The number of rotatable bonds is 29. The summed E-state index contributed by atoms with van der Waals surface area (Å²) in [5.74, 6) is 0.117. The van der Waals surface area contributed by atoms with Crippen molar-refractivity contribution in [3.8, 4) is 0 Å². The third-order valence-corrected chi connectivity index (χ3v) is 24.9. The summed E-state index contributed by atoms with van der Waals surface area (Å²) in [6.07, 6.45) is 17.8. The van der Waals surface area contributed by atoms with E-state index in [9.17, 15) is 42.9 Å². The third-order valence-electron chi connectivity index (χ3n) is 23.4. The number of aliphatic hydroxyl groups is 3. The molecule has 1 aromatic rings. The summed E-state index contributed by atoms with van der Waals surface area (Å²) in [7, 11) is -3.22. The van der Waals surface area contributed by atoms with Crippen LogP contribution in [0.15, 0.2) is 24.3 Å². The Kier molecular flexibility index (Phi) is 57.3. The Labute approximate surface area is 853 Å². The molecule has 0 aromatic heterocycles. The topological polar surface area (TPSA) is 250 Å². The number of nitrogens with one attached hydrogen (secondary N) is 2. The summed E-state index contributed by atoms with van der Waals surface area (Å²) in [6, 6.07) is 8.34. The fraction of sp³-hybridized carbons (Fsp3) is 0.914. The number of nitrogens with zero attached hydrogens (tertiary/aromatic N) is 5. The Morgan fingerprint density at radius 3 is 0.957 bits per heavy atom. The van der Waals surface area contributed by atoms with Gasteiger partial charge in [0.1, 0.15) is 25.4 Å². The fourth-order valence-corrected chi connectivity index (χ4v) is 17.5. The fourth-order valence-electron chi connectivity index (χ4n) is 16.2. The van der Waals surface area contributed by atoms with Gasteiger partial charge in [-0.15, -0.1) is 0 Å². The first-order chi connectivity index (χ1) is 61.5. The summed E-state index contributed by atoms with van der Waals surface area (Å²) in [5, 5.41) is 36.3. The molecule has 5 aliphatic heterocycles. The molecular weight excluding hydrogens is 1750 g/mol. The van der Waals surface area contributed by atoms with Crippen molar-refractivity contribution in [1.29, 1.82) is 0 Å². The number of morpholine rings is 2. The van der Waals surface area contributed by atoms with Crippen LogP contribution >= 0.6 is 0 Å². The van der Waals surface area contributed by atoms with Gasteiger partial charge in [0.05, 0.1) is 49.7 Å². The van der Waals surface area contributed by atoms with E-state index in [0.717, 1.165) is 167 Å². The zero-order valence-electron chi connectivity index (χ0n) is 99.4. The first-order valence-electron chi connectivity index (χ1n) is 53.3. The number of benzene rings is 1. The maximum Gasteiger partial charge on any atom is 0.410 e. The highest BCUT2D eigenvalue weighted by molar-refractivity contribution is 7.88. The van der Waals surface area contributed by atoms with Crippen LogP contribution in [0.2, 0.25) is 0 Å². The number of para-hydroxylation sites is 1. The van der Waals surface area contributed by atoms with Gasteiger partial charge in [-0.25, -0.2) is 18.0 Å². The van der Waals surface area contributed by atoms with Crippen LogP contribution in [0.25, 0.3) is 0 Å². The second-order valence-electron chi connectivity index (χ2n) is 60.5. The zero-order valence-corrected chi connectivity index (χ0v) is 100. The molecule has 0 spiro atoms. The molecule has 5 heterocycles. The van der Waals surface area contributed by atoms with Gasteiger partial charge >= 0.3 is 12.2 Å². The molecular formula is C116H229N7O14S. The maximum absolute atomic E-state index is 12.0. The molecule has 138 heavy (non-hydrogen) atoms. The van der Waals surface area contributed by atoms with Gasteiger partial charge in [-0.3, -0.25) is 9.59 Å². The van der Waals surface area contributed by atoms with Crippen molar-refractivity contribution in [2.24, 2.45) is 81.2 Å². The molecule has 5 saturated heterocycles. The van der Waals surface area contributed by atoms with E-state index in [1.807, 2.05) is 25.7 Å². The van der Waals surface area contributed by atoms with Crippen molar-refractivity contribution in [3.05, 3.63) is 29.8 Å². The predicted molar refractivity (Wildman–Crippen MR) is 586 cm³/mol. The van der Waals surface area contributed by atoms with Crippen molar-refractivity contribution in [1.82, 2.24) is 29.2 Å². The lowest BCUT2D eigenvalue weighted by Gasteiger charge is -2.36. The van der Waals surface area contributed by atoms with Gasteiger partial charge in [0.15, 0.2) is 5.94 Å². The highest BCUT2D eigenvalue weighted by Gasteiger charge is 2.40. The quantitative estimate of drug-likeness (QED) is 0.0468. The molecule has 8 atom stereocenters. The molecule has 8 unspecified atom stereocenters. The molecule has 1 aromatic carbocycles. The minimum Gasteiger partial charge on any atom is -0.444 e. The molecule has 0 radical (unpaired) electrons. The van der Waals surface area contributed by atoms with Gasteiger partial charge in [0.25, 0.3) is 0 Å². The van der Waals surface area contributed by atoms with E-state index in [0.29, 0.717) is 37.0 Å². The minimum absolute atomic E-state index is 0.0171. The summed E-state index contributed by atoms with van der Waals surface area (Å²) in [4.78, 5) is 54.7. The van der Waals surface area contributed by atoms with Crippen LogP contribution in [0, 0.1) is 81.2 Å². The number of carbonyl (C=O) groups is 4. The Balaban J connectivity index is 0. The lowest BCUT2D eigenvalue weighted by atomic mass is 9.85. The van der Waals surface area contributed by atoms with E-state index in [-0.39, 0.29) is 168 Å². The molecule has 0 saturated carbocycles. The van der Waals surface area contributed by atoms with Crippen molar-refractivity contribution in [2.45, 2.75) is 502 Å². The number of unbranched alkanes of at least 4 members (excludes halogenated alkanes) is 1. The lowest BCUT2D eigenvalue weighted by molar-refractivity contribution is -0.151. The second kappa shape index (κ2) is 58.0.